The zero-order valence-corrected chi connectivity index (χ0v) is 12.4. The van der Waals surface area contributed by atoms with Crippen LogP contribution in [0.25, 0.3) is 0 Å². The van der Waals surface area contributed by atoms with Crippen molar-refractivity contribution in [2.75, 3.05) is 24.6 Å². The largest absolute Gasteiger partial charge is 0.377 e. The summed E-state index contributed by atoms with van der Waals surface area (Å²) in [5.74, 6) is -0.363. The van der Waals surface area contributed by atoms with E-state index in [1.165, 1.54) is 12.1 Å². The van der Waals surface area contributed by atoms with Crippen LogP contribution in [0.1, 0.15) is 26.2 Å². The molecule has 1 heterocycles. The van der Waals surface area contributed by atoms with Gasteiger partial charge in [0, 0.05) is 18.8 Å². The number of hydrogen-bond acceptors (Lipinski definition) is 3. The molecule has 2 N–H and O–H groups in total. The van der Waals surface area contributed by atoms with Crippen molar-refractivity contribution in [1.82, 2.24) is 0 Å². The van der Waals surface area contributed by atoms with Crippen molar-refractivity contribution >= 4 is 11.6 Å². The number of nitrogens with zero attached hydrogens (tertiary/aromatic N) is 1. The fourth-order valence-corrected chi connectivity index (χ4v) is 2.77. The molecule has 4 nitrogen and oxygen atoms in total. The van der Waals surface area contributed by atoms with Gasteiger partial charge in [-0.15, -0.1) is 0 Å². The Hall–Kier alpha value is -1.46. The second-order valence-electron chi connectivity index (χ2n) is 5.32. The minimum Gasteiger partial charge on any atom is -0.377 e. The van der Waals surface area contributed by atoms with Gasteiger partial charge in [0.15, 0.2) is 0 Å². The van der Waals surface area contributed by atoms with Crippen molar-refractivity contribution in [3.05, 3.63) is 30.1 Å². The number of carbonyl (C=O) groups is 1. The van der Waals surface area contributed by atoms with Gasteiger partial charge < -0.3 is 15.4 Å². The summed E-state index contributed by atoms with van der Waals surface area (Å²) in [5, 5.41) is 0. The first-order valence-electron chi connectivity index (χ1n) is 7.56. The van der Waals surface area contributed by atoms with Gasteiger partial charge in [-0.05, 0) is 50.1 Å². The normalized spacial score (nSPS) is 21.5. The van der Waals surface area contributed by atoms with Gasteiger partial charge in [-0.25, -0.2) is 4.39 Å². The molecule has 1 amide bonds. The highest BCUT2D eigenvalue weighted by Crippen LogP contribution is 2.28. The topological polar surface area (TPSA) is 55.6 Å². The lowest BCUT2D eigenvalue weighted by Gasteiger charge is -2.27. The number of rotatable bonds is 6. The van der Waals surface area contributed by atoms with Crippen LogP contribution in [-0.4, -0.2) is 31.7 Å². The second-order valence-corrected chi connectivity index (χ2v) is 5.32. The fourth-order valence-electron chi connectivity index (χ4n) is 2.77. The lowest BCUT2D eigenvalue weighted by molar-refractivity contribution is -0.124. The van der Waals surface area contributed by atoms with Gasteiger partial charge in [-0.2, -0.15) is 0 Å². The molecule has 2 atom stereocenters. The van der Waals surface area contributed by atoms with Gasteiger partial charge in [0.05, 0.1) is 12.0 Å². The van der Waals surface area contributed by atoms with Gasteiger partial charge in [-0.3, -0.25) is 4.79 Å². The summed E-state index contributed by atoms with van der Waals surface area (Å²) in [6.45, 7) is 3.72. The van der Waals surface area contributed by atoms with Crippen LogP contribution in [0, 0.1) is 11.7 Å². The first kappa shape index (κ1) is 15.9. The number of amides is 1. The van der Waals surface area contributed by atoms with Crippen molar-refractivity contribution in [3.8, 4) is 0 Å². The molecule has 1 fully saturated rings. The number of carbonyl (C=O) groups excluding carboxylic acids is 1. The van der Waals surface area contributed by atoms with Gasteiger partial charge in [0.25, 0.3) is 0 Å². The van der Waals surface area contributed by atoms with E-state index in [9.17, 15) is 9.18 Å². The molecule has 21 heavy (non-hydrogen) atoms. The maximum absolute atomic E-state index is 13.1. The molecule has 0 aromatic heterocycles. The number of anilines is 1. The SMILES string of the molecule is CCC1OCCC1C(=O)N(CCCN)c1ccc(F)cc1. The van der Waals surface area contributed by atoms with E-state index in [0.29, 0.717) is 26.1 Å². The van der Waals surface area contributed by atoms with E-state index in [0.717, 1.165) is 18.5 Å². The molecule has 1 aliphatic rings. The number of hydrogen-bond donors (Lipinski definition) is 1. The Morgan fingerprint density at radius 3 is 2.76 bits per heavy atom. The van der Waals surface area contributed by atoms with Gasteiger partial charge in [0.1, 0.15) is 5.82 Å². The van der Waals surface area contributed by atoms with Crippen LogP contribution in [0.2, 0.25) is 0 Å². The molecule has 2 rings (SSSR count). The van der Waals surface area contributed by atoms with Crippen LogP contribution in [-0.2, 0) is 9.53 Å². The van der Waals surface area contributed by atoms with Crippen molar-refractivity contribution in [2.24, 2.45) is 11.7 Å². The van der Waals surface area contributed by atoms with E-state index >= 15 is 0 Å². The summed E-state index contributed by atoms with van der Waals surface area (Å²) in [7, 11) is 0. The summed E-state index contributed by atoms with van der Waals surface area (Å²) in [6.07, 6.45) is 2.27. The van der Waals surface area contributed by atoms with Crippen molar-refractivity contribution in [1.29, 1.82) is 0 Å². The number of nitrogens with two attached hydrogens (primary N) is 1. The van der Waals surface area contributed by atoms with Crippen LogP contribution in [0.4, 0.5) is 10.1 Å². The average Bonchev–Trinajstić information content (AvgIpc) is 2.97. The zero-order valence-electron chi connectivity index (χ0n) is 12.4. The summed E-state index contributed by atoms with van der Waals surface area (Å²) < 4.78 is 18.7. The van der Waals surface area contributed by atoms with E-state index in [-0.39, 0.29) is 23.7 Å². The van der Waals surface area contributed by atoms with Crippen molar-refractivity contribution < 1.29 is 13.9 Å². The summed E-state index contributed by atoms with van der Waals surface area (Å²) in [4.78, 5) is 14.5. The molecule has 5 heteroatoms. The Bertz CT molecular complexity index is 464. The standard InChI is InChI=1S/C16H23FN2O2/c1-2-15-14(8-11-21-15)16(20)19(10-3-9-18)13-6-4-12(17)5-7-13/h4-7,14-15H,2-3,8-11,18H2,1H3. The molecule has 0 spiro atoms. The van der Waals surface area contributed by atoms with E-state index in [4.69, 9.17) is 10.5 Å². The molecule has 0 radical (unpaired) electrons. The fraction of sp³-hybridized carbons (Fsp3) is 0.562. The highest BCUT2D eigenvalue weighted by Gasteiger charge is 2.35. The highest BCUT2D eigenvalue weighted by atomic mass is 19.1. The highest BCUT2D eigenvalue weighted by molar-refractivity contribution is 5.95. The quantitative estimate of drug-likeness (QED) is 0.876. The van der Waals surface area contributed by atoms with E-state index in [1.807, 2.05) is 6.92 Å². The van der Waals surface area contributed by atoms with Crippen LogP contribution in [0.15, 0.2) is 24.3 Å². The summed E-state index contributed by atoms with van der Waals surface area (Å²) in [6, 6.07) is 6.03. The Balaban J connectivity index is 2.18. The molecular formula is C16H23FN2O2. The van der Waals surface area contributed by atoms with Gasteiger partial charge in [0.2, 0.25) is 5.91 Å². The predicted octanol–water partition coefficient (Wildman–Crippen LogP) is 2.32. The minimum atomic E-state index is -0.305. The monoisotopic (exact) mass is 294 g/mol. The maximum Gasteiger partial charge on any atom is 0.232 e. The first-order valence-corrected chi connectivity index (χ1v) is 7.56. The number of benzene rings is 1. The first-order chi connectivity index (χ1) is 10.2. The van der Waals surface area contributed by atoms with E-state index in [1.54, 1.807) is 17.0 Å². The number of halogens is 1. The average molecular weight is 294 g/mol. The van der Waals surface area contributed by atoms with Crippen LogP contribution >= 0.6 is 0 Å². The molecule has 0 saturated carbocycles. The maximum atomic E-state index is 13.1. The smallest absolute Gasteiger partial charge is 0.232 e. The van der Waals surface area contributed by atoms with Crippen molar-refractivity contribution in [2.45, 2.75) is 32.3 Å². The number of ether oxygens (including phenoxy) is 1. The minimum absolute atomic E-state index is 0.0154. The Morgan fingerprint density at radius 1 is 1.43 bits per heavy atom. The van der Waals surface area contributed by atoms with Crippen LogP contribution < -0.4 is 10.6 Å². The lowest BCUT2D eigenvalue weighted by Crippen LogP contribution is -2.40. The van der Waals surface area contributed by atoms with E-state index < -0.39 is 0 Å². The van der Waals surface area contributed by atoms with Gasteiger partial charge >= 0.3 is 0 Å². The Morgan fingerprint density at radius 2 is 2.14 bits per heavy atom. The summed E-state index contributed by atoms with van der Waals surface area (Å²) >= 11 is 0. The third-order valence-corrected chi connectivity index (χ3v) is 3.92. The van der Waals surface area contributed by atoms with E-state index in [2.05, 4.69) is 0 Å². The second kappa shape index (κ2) is 7.52. The Kier molecular flexibility index (Phi) is 5.70. The van der Waals surface area contributed by atoms with Crippen LogP contribution in [0.3, 0.4) is 0 Å². The molecule has 0 aliphatic carbocycles. The molecule has 1 aromatic rings. The molecule has 1 aliphatic heterocycles. The zero-order chi connectivity index (χ0) is 15.2. The lowest BCUT2D eigenvalue weighted by atomic mass is 9.97. The molecule has 0 bridgehead atoms. The summed E-state index contributed by atoms with van der Waals surface area (Å²) in [5.41, 5.74) is 6.28. The molecule has 2 unspecified atom stereocenters. The Labute approximate surface area is 125 Å². The molecule has 1 saturated heterocycles. The molecule has 1 aromatic carbocycles. The third kappa shape index (κ3) is 3.80. The van der Waals surface area contributed by atoms with Crippen molar-refractivity contribution in [3.63, 3.8) is 0 Å². The third-order valence-electron chi connectivity index (χ3n) is 3.92. The van der Waals surface area contributed by atoms with Gasteiger partial charge in [-0.1, -0.05) is 6.92 Å². The predicted molar refractivity (Wildman–Crippen MR) is 80.6 cm³/mol. The molecular weight excluding hydrogens is 271 g/mol. The van der Waals surface area contributed by atoms with Crippen LogP contribution in [0.5, 0.6) is 0 Å². The molecule has 116 valence electrons.